The van der Waals surface area contributed by atoms with Crippen molar-refractivity contribution in [2.24, 2.45) is 11.7 Å². The van der Waals surface area contributed by atoms with Crippen LogP contribution in [0.1, 0.15) is 45.4 Å². The number of rotatable bonds is 3. The fraction of sp³-hybridized carbons (Fsp3) is 1.00. The second-order valence-electron chi connectivity index (χ2n) is 6.80. The minimum Gasteiger partial charge on any atom is -0.326 e. The molecule has 3 atom stereocenters. The average molecular weight is 251 g/mol. The molecule has 0 radical (unpaired) electrons. The molecular weight excluding hydrogens is 222 g/mol. The minimum absolute atomic E-state index is 0.419. The Labute approximate surface area is 112 Å². The van der Waals surface area contributed by atoms with E-state index in [1.165, 1.54) is 58.2 Å². The highest BCUT2D eigenvalue weighted by atomic mass is 15.3. The Balaban J connectivity index is 1.54. The Morgan fingerprint density at radius 1 is 1.11 bits per heavy atom. The Kier molecular flexibility index (Phi) is 3.92. The Morgan fingerprint density at radius 2 is 1.89 bits per heavy atom. The first kappa shape index (κ1) is 12.9. The molecule has 3 rings (SSSR count). The Bertz CT molecular complexity index is 275. The summed E-state index contributed by atoms with van der Waals surface area (Å²) in [6.07, 6.45) is 8.37. The molecular formula is C15H29N3. The summed E-state index contributed by atoms with van der Waals surface area (Å²) in [4.78, 5) is 5.37. The molecule has 104 valence electrons. The predicted molar refractivity (Wildman–Crippen MR) is 75.6 cm³/mol. The zero-order valence-electron chi connectivity index (χ0n) is 11.9. The monoisotopic (exact) mass is 251 g/mol. The lowest BCUT2D eigenvalue weighted by molar-refractivity contribution is 0.0510. The summed E-state index contributed by atoms with van der Waals surface area (Å²) >= 11 is 0. The van der Waals surface area contributed by atoms with Gasteiger partial charge in [-0.3, -0.25) is 9.80 Å². The number of piperazine rings is 1. The second-order valence-corrected chi connectivity index (χ2v) is 6.80. The molecule has 2 heterocycles. The van der Waals surface area contributed by atoms with E-state index in [4.69, 9.17) is 5.73 Å². The van der Waals surface area contributed by atoms with Gasteiger partial charge in [-0.1, -0.05) is 12.8 Å². The van der Waals surface area contributed by atoms with Crippen molar-refractivity contribution in [3.8, 4) is 0 Å². The van der Waals surface area contributed by atoms with Crippen LogP contribution in [0.4, 0.5) is 0 Å². The van der Waals surface area contributed by atoms with E-state index >= 15 is 0 Å². The zero-order chi connectivity index (χ0) is 12.5. The molecule has 3 aliphatic rings. The zero-order valence-corrected chi connectivity index (χ0v) is 11.9. The fourth-order valence-corrected chi connectivity index (χ4v) is 4.31. The summed E-state index contributed by atoms with van der Waals surface area (Å²) < 4.78 is 0. The summed E-state index contributed by atoms with van der Waals surface area (Å²) in [6, 6.07) is 1.95. The maximum Gasteiger partial charge on any atom is 0.0224 e. The summed E-state index contributed by atoms with van der Waals surface area (Å²) in [5, 5.41) is 0. The molecule has 2 N–H and O–H groups in total. The normalized spacial score (nSPS) is 37.0. The van der Waals surface area contributed by atoms with Gasteiger partial charge in [0.1, 0.15) is 0 Å². The molecule has 2 aliphatic heterocycles. The van der Waals surface area contributed by atoms with Crippen LogP contribution >= 0.6 is 0 Å². The van der Waals surface area contributed by atoms with Gasteiger partial charge in [-0.2, -0.15) is 0 Å². The lowest BCUT2D eigenvalue weighted by Gasteiger charge is -2.43. The van der Waals surface area contributed by atoms with Crippen LogP contribution < -0.4 is 5.73 Å². The standard InChI is InChI=1S/C15H29N3/c1-12-9-17-8-4-7-14(17)10-18(12)11-15(16)13-5-2-3-6-13/h12-15H,2-11,16H2,1H3. The second kappa shape index (κ2) is 5.48. The van der Waals surface area contributed by atoms with Crippen LogP contribution in [0.2, 0.25) is 0 Å². The van der Waals surface area contributed by atoms with Crippen molar-refractivity contribution in [2.75, 3.05) is 26.2 Å². The lowest BCUT2D eigenvalue weighted by Crippen LogP contribution is -2.57. The third kappa shape index (κ3) is 2.59. The number of nitrogens with two attached hydrogens (primary N) is 1. The first-order valence-electron chi connectivity index (χ1n) is 7.97. The number of hydrogen-bond donors (Lipinski definition) is 1. The molecule has 0 aromatic heterocycles. The van der Waals surface area contributed by atoms with Gasteiger partial charge in [-0.15, -0.1) is 0 Å². The number of hydrogen-bond acceptors (Lipinski definition) is 3. The molecule has 18 heavy (non-hydrogen) atoms. The van der Waals surface area contributed by atoms with Crippen molar-refractivity contribution in [1.29, 1.82) is 0 Å². The van der Waals surface area contributed by atoms with E-state index in [2.05, 4.69) is 16.7 Å². The van der Waals surface area contributed by atoms with Crippen molar-refractivity contribution >= 4 is 0 Å². The first-order valence-corrected chi connectivity index (χ1v) is 7.97. The quantitative estimate of drug-likeness (QED) is 0.828. The van der Waals surface area contributed by atoms with Crippen LogP contribution in [0.15, 0.2) is 0 Å². The predicted octanol–water partition coefficient (Wildman–Crippen LogP) is 1.67. The molecule has 0 spiro atoms. The molecule has 3 heteroatoms. The van der Waals surface area contributed by atoms with E-state index in [-0.39, 0.29) is 0 Å². The van der Waals surface area contributed by atoms with E-state index in [1.807, 2.05) is 0 Å². The van der Waals surface area contributed by atoms with E-state index < -0.39 is 0 Å². The van der Waals surface area contributed by atoms with Gasteiger partial charge < -0.3 is 5.73 Å². The lowest BCUT2D eigenvalue weighted by atomic mass is 9.97. The van der Waals surface area contributed by atoms with E-state index in [0.717, 1.165) is 18.5 Å². The maximum absolute atomic E-state index is 6.45. The molecule has 3 fully saturated rings. The van der Waals surface area contributed by atoms with E-state index in [1.54, 1.807) is 0 Å². The smallest absolute Gasteiger partial charge is 0.0224 e. The van der Waals surface area contributed by atoms with Crippen LogP contribution in [0, 0.1) is 5.92 Å². The Hall–Kier alpha value is -0.120. The van der Waals surface area contributed by atoms with Crippen LogP contribution in [-0.4, -0.2) is 54.1 Å². The van der Waals surface area contributed by atoms with Crippen molar-refractivity contribution in [3.63, 3.8) is 0 Å². The first-order chi connectivity index (χ1) is 8.74. The Morgan fingerprint density at radius 3 is 2.67 bits per heavy atom. The van der Waals surface area contributed by atoms with Gasteiger partial charge in [0.05, 0.1) is 0 Å². The van der Waals surface area contributed by atoms with Gasteiger partial charge >= 0.3 is 0 Å². The summed E-state index contributed by atoms with van der Waals surface area (Å²) in [6.45, 7) is 7.38. The van der Waals surface area contributed by atoms with Gasteiger partial charge in [-0.05, 0) is 45.1 Å². The highest BCUT2D eigenvalue weighted by molar-refractivity contribution is 4.92. The minimum atomic E-state index is 0.419. The molecule has 0 aromatic carbocycles. The SMILES string of the molecule is CC1CN2CCCC2CN1CC(N)C1CCCC1. The summed E-state index contributed by atoms with van der Waals surface area (Å²) in [5.41, 5.74) is 6.45. The van der Waals surface area contributed by atoms with Crippen LogP contribution in [0.25, 0.3) is 0 Å². The van der Waals surface area contributed by atoms with Gasteiger partial charge in [0.2, 0.25) is 0 Å². The molecule has 0 bridgehead atoms. The molecule has 1 aliphatic carbocycles. The molecule has 2 saturated heterocycles. The summed E-state index contributed by atoms with van der Waals surface area (Å²) in [5.74, 6) is 0.804. The van der Waals surface area contributed by atoms with Gasteiger partial charge in [-0.25, -0.2) is 0 Å². The highest BCUT2D eigenvalue weighted by Crippen LogP contribution is 2.29. The molecule has 3 unspecified atom stereocenters. The van der Waals surface area contributed by atoms with Gasteiger partial charge in [0, 0.05) is 37.8 Å². The van der Waals surface area contributed by atoms with Crippen molar-refractivity contribution < 1.29 is 0 Å². The van der Waals surface area contributed by atoms with Gasteiger partial charge in [0.15, 0.2) is 0 Å². The van der Waals surface area contributed by atoms with Crippen molar-refractivity contribution in [2.45, 2.75) is 63.6 Å². The largest absolute Gasteiger partial charge is 0.326 e. The third-order valence-corrected chi connectivity index (χ3v) is 5.52. The topological polar surface area (TPSA) is 32.5 Å². The molecule has 1 saturated carbocycles. The number of fused-ring (bicyclic) bond motifs is 1. The fourth-order valence-electron chi connectivity index (χ4n) is 4.31. The summed E-state index contributed by atoms with van der Waals surface area (Å²) in [7, 11) is 0. The number of nitrogens with zero attached hydrogens (tertiary/aromatic N) is 2. The van der Waals surface area contributed by atoms with Gasteiger partial charge in [0.25, 0.3) is 0 Å². The third-order valence-electron chi connectivity index (χ3n) is 5.52. The molecule has 0 amide bonds. The van der Waals surface area contributed by atoms with Crippen LogP contribution in [0.5, 0.6) is 0 Å². The van der Waals surface area contributed by atoms with Crippen molar-refractivity contribution in [1.82, 2.24) is 9.80 Å². The average Bonchev–Trinajstić information content (AvgIpc) is 2.98. The van der Waals surface area contributed by atoms with E-state index in [9.17, 15) is 0 Å². The van der Waals surface area contributed by atoms with Crippen LogP contribution in [-0.2, 0) is 0 Å². The maximum atomic E-state index is 6.45. The van der Waals surface area contributed by atoms with Crippen molar-refractivity contribution in [3.05, 3.63) is 0 Å². The van der Waals surface area contributed by atoms with Crippen LogP contribution in [0.3, 0.4) is 0 Å². The molecule has 0 aromatic rings. The highest BCUT2D eigenvalue weighted by Gasteiger charge is 2.35. The van der Waals surface area contributed by atoms with E-state index in [0.29, 0.717) is 12.1 Å². The molecule has 3 nitrogen and oxygen atoms in total.